The minimum Gasteiger partial charge on any atom is -0.344 e. The molecule has 6 aromatic rings. The molecule has 1 aliphatic heterocycles. The first-order chi connectivity index (χ1) is 15.0. The molecular weight excluding hydrogens is 414 g/mol. The summed E-state index contributed by atoms with van der Waals surface area (Å²) in [5.41, 5.74) is 5.44. The Kier molecular flexibility index (Phi) is 3.37. The van der Waals surface area contributed by atoms with Gasteiger partial charge in [0.15, 0.2) is 0 Å². The Hall–Kier alpha value is -2.88. The maximum Gasteiger partial charge on any atom is 0.0456 e. The molecule has 0 radical (unpaired) electrons. The van der Waals surface area contributed by atoms with E-state index in [-0.39, 0.29) is 5.41 Å². The molecule has 0 atom stereocenters. The second-order valence-electron chi connectivity index (χ2n) is 9.11. The van der Waals surface area contributed by atoms with E-state index < -0.39 is 0 Å². The van der Waals surface area contributed by atoms with Crippen LogP contribution in [0.15, 0.2) is 72.8 Å². The predicted molar refractivity (Wildman–Crippen MR) is 139 cm³/mol. The lowest BCUT2D eigenvalue weighted by atomic mass is 9.73. The summed E-state index contributed by atoms with van der Waals surface area (Å²) in [6.45, 7) is 4.77. The van der Waals surface area contributed by atoms with Gasteiger partial charge >= 0.3 is 0 Å². The van der Waals surface area contributed by atoms with Crippen molar-refractivity contribution in [1.82, 2.24) is 0 Å². The molecular formula is C28H21NS2. The van der Waals surface area contributed by atoms with Gasteiger partial charge in [0.1, 0.15) is 0 Å². The fourth-order valence-corrected chi connectivity index (χ4v) is 7.61. The highest BCUT2D eigenvalue weighted by Crippen LogP contribution is 2.53. The van der Waals surface area contributed by atoms with Gasteiger partial charge in [0.2, 0.25) is 0 Å². The molecule has 4 aromatic carbocycles. The molecule has 150 valence electrons. The van der Waals surface area contributed by atoms with E-state index in [0.29, 0.717) is 0 Å². The van der Waals surface area contributed by atoms with E-state index in [1.807, 2.05) is 22.7 Å². The summed E-state index contributed by atoms with van der Waals surface area (Å²) >= 11 is 3.81. The van der Waals surface area contributed by atoms with Crippen LogP contribution >= 0.6 is 22.7 Å². The molecule has 7 rings (SSSR count). The van der Waals surface area contributed by atoms with Crippen LogP contribution in [-0.4, -0.2) is 7.05 Å². The quantitative estimate of drug-likeness (QED) is 0.230. The van der Waals surface area contributed by atoms with E-state index in [0.717, 1.165) is 0 Å². The van der Waals surface area contributed by atoms with Gasteiger partial charge < -0.3 is 4.90 Å². The van der Waals surface area contributed by atoms with E-state index in [4.69, 9.17) is 0 Å². The molecule has 0 bridgehead atoms. The minimum atomic E-state index is -0.0497. The maximum absolute atomic E-state index is 2.45. The molecule has 31 heavy (non-hydrogen) atoms. The lowest BCUT2D eigenvalue weighted by Crippen LogP contribution is -2.30. The Morgan fingerprint density at radius 3 is 1.52 bits per heavy atom. The lowest BCUT2D eigenvalue weighted by Gasteiger charge is -2.40. The summed E-state index contributed by atoms with van der Waals surface area (Å²) in [6, 6.07) is 27.3. The fraction of sp³-hybridized carbons (Fsp3) is 0.143. The normalized spacial score (nSPS) is 15.1. The number of rotatable bonds is 0. The highest BCUT2D eigenvalue weighted by atomic mass is 32.1. The molecule has 0 aliphatic carbocycles. The van der Waals surface area contributed by atoms with Crippen molar-refractivity contribution in [3.63, 3.8) is 0 Å². The number of nitrogens with zero attached hydrogens (tertiary/aromatic N) is 1. The SMILES string of the molecule is CN1c2cc3c(cc2C(C)(C)c2cc4sc5ccccc5c4cc21)sc1ccccc13. The third-order valence-electron chi connectivity index (χ3n) is 7.06. The molecule has 2 aromatic heterocycles. The van der Waals surface area contributed by atoms with Gasteiger partial charge in [-0.2, -0.15) is 0 Å². The molecule has 0 amide bonds. The smallest absolute Gasteiger partial charge is 0.0456 e. The zero-order chi connectivity index (χ0) is 20.9. The highest BCUT2D eigenvalue weighted by Gasteiger charge is 2.36. The van der Waals surface area contributed by atoms with Gasteiger partial charge in [0, 0.05) is 64.2 Å². The molecule has 0 N–H and O–H groups in total. The first-order valence-electron chi connectivity index (χ1n) is 10.7. The molecule has 0 saturated carbocycles. The monoisotopic (exact) mass is 435 g/mol. The van der Waals surface area contributed by atoms with E-state index in [2.05, 4.69) is 98.6 Å². The Morgan fingerprint density at radius 1 is 0.581 bits per heavy atom. The molecule has 0 fully saturated rings. The molecule has 1 nitrogen and oxygen atoms in total. The van der Waals surface area contributed by atoms with Crippen LogP contribution < -0.4 is 4.90 Å². The minimum absolute atomic E-state index is 0.0497. The first kappa shape index (κ1) is 17.8. The number of fused-ring (bicyclic) bond motifs is 8. The molecule has 3 heteroatoms. The summed E-state index contributed by atoms with van der Waals surface area (Å²) < 4.78 is 5.50. The van der Waals surface area contributed by atoms with Crippen molar-refractivity contribution in [2.75, 3.05) is 11.9 Å². The van der Waals surface area contributed by atoms with Gasteiger partial charge in [-0.3, -0.25) is 0 Å². The zero-order valence-corrected chi connectivity index (χ0v) is 19.3. The van der Waals surface area contributed by atoms with Crippen LogP contribution in [0, 0.1) is 0 Å². The topological polar surface area (TPSA) is 3.24 Å². The van der Waals surface area contributed by atoms with Crippen LogP contribution in [0.2, 0.25) is 0 Å². The van der Waals surface area contributed by atoms with Gasteiger partial charge in [-0.05, 0) is 47.5 Å². The van der Waals surface area contributed by atoms with Crippen molar-refractivity contribution >= 4 is 74.4 Å². The van der Waals surface area contributed by atoms with Gasteiger partial charge in [0.25, 0.3) is 0 Å². The number of benzene rings is 4. The zero-order valence-electron chi connectivity index (χ0n) is 17.7. The van der Waals surface area contributed by atoms with Gasteiger partial charge in [-0.25, -0.2) is 0 Å². The first-order valence-corrected chi connectivity index (χ1v) is 12.3. The van der Waals surface area contributed by atoms with E-state index in [1.54, 1.807) is 0 Å². The average Bonchev–Trinajstić information content (AvgIpc) is 3.33. The number of hydrogen-bond donors (Lipinski definition) is 0. The number of thiophene rings is 2. The number of hydrogen-bond acceptors (Lipinski definition) is 3. The van der Waals surface area contributed by atoms with E-state index in [1.165, 1.54) is 62.8 Å². The van der Waals surface area contributed by atoms with Crippen LogP contribution in [0.25, 0.3) is 40.3 Å². The predicted octanol–water partition coefficient (Wildman–Crippen LogP) is 8.83. The van der Waals surface area contributed by atoms with Crippen molar-refractivity contribution in [1.29, 1.82) is 0 Å². The summed E-state index contributed by atoms with van der Waals surface area (Å²) in [6.07, 6.45) is 0. The van der Waals surface area contributed by atoms with Crippen LogP contribution in [0.4, 0.5) is 11.4 Å². The van der Waals surface area contributed by atoms with Crippen LogP contribution in [-0.2, 0) is 5.41 Å². The van der Waals surface area contributed by atoms with Crippen LogP contribution in [0.1, 0.15) is 25.0 Å². The van der Waals surface area contributed by atoms with Crippen molar-refractivity contribution in [3.05, 3.63) is 83.9 Å². The Labute approximate surface area is 189 Å². The fourth-order valence-electron chi connectivity index (χ4n) is 5.35. The van der Waals surface area contributed by atoms with Gasteiger partial charge in [0.05, 0.1) is 0 Å². The summed E-state index contributed by atoms with van der Waals surface area (Å²) in [7, 11) is 2.23. The third kappa shape index (κ3) is 2.25. The Bertz CT molecular complexity index is 1560. The summed E-state index contributed by atoms with van der Waals surface area (Å²) in [5.74, 6) is 0. The lowest BCUT2D eigenvalue weighted by molar-refractivity contribution is 0.632. The van der Waals surface area contributed by atoms with E-state index >= 15 is 0 Å². The van der Waals surface area contributed by atoms with Crippen molar-refractivity contribution < 1.29 is 0 Å². The third-order valence-corrected chi connectivity index (χ3v) is 9.33. The largest absolute Gasteiger partial charge is 0.344 e. The summed E-state index contributed by atoms with van der Waals surface area (Å²) in [5, 5.41) is 5.46. The van der Waals surface area contributed by atoms with Crippen molar-refractivity contribution in [3.8, 4) is 0 Å². The number of anilines is 2. The maximum atomic E-state index is 2.45. The van der Waals surface area contributed by atoms with Crippen LogP contribution in [0.5, 0.6) is 0 Å². The second-order valence-corrected chi connectivity index (χ2v) is 11.3. The van der Waals surface area contributed by atoms with E-state index in [9.17, 15) is 0 Å². The second kappa shape index (κ2) is 5.87. The van der Waals surface area contributed by atoms with Gasteiger partial charge in [-0.1, -0.05) is 50.2 Å². The Morgan fingerprint density at radius 2 is 1.03 bits per heavy atom. The highest BCUT2D eigenvalue weighted by molar-refractivity contribution is 7.26. The van der Waals surface area contributed by atoms with Crippen LogP contribution in [0.3, 0.4) is 0 Å². The van der Waals surface area contributed by atoms with Crippen molar-refractivity contribution in [2.24, 2.45) is 0 Å². The molecule has 0 spiro atoms. The summed E-state index contributed by atoms with van der Waals surface area (Å²) in [4.78, 5) is 2.41. The Balaban J connectivity index is 1.56. The molecule has 1 aliphatic rings. The molecule has 0 unspecified atom stereocenters. The molecule has 3 heterocycles. The standard InChI is InChI=1S/C28H21NS2/c1-28(2)20-14-26-18(16-8-4-6-10-24(16)30-26)12-22(20)29(3)23-13-19-17-9-5-7-11-25(17)31-27(19)15-21(23)28/h4-15H,1-3H3. The van der Waals surface area contributed by atoms with Crippen molar-refractivity contribution in [2.45, 2.75) is 19.3 Å². The van der Waals surface area contributed by atoms with Gasteiger partial charge in [-0.15, -0.1) is 22.7 Å². The molecule has 0 saturated heterocycles. The average molecular weight is 436 g/mol.